The number of carbonyl (C=O) groups is 2. The fourth-order valence-electron chi connectivity index (χ4n) is 2.64. The zero-order chi connectivity index (χ0) is 32.8. The maximum Gasteiger partial charge on any atom is 0.279 e. The number of aliphatic hydroxyl groups is 1. The Morgan fingerprint density at radius 1 is 1.14 bits per heavy atom. The summed E-state index contributed by atoms with van der Waals surface area (Å²) in [5.74, 6) is 0.0786. The molecule has 1 heterocycles. The lowest BCUT2D eigenvalue weighted by atomic mass is 10.1. The third-order valence-electron chi connectivity index (χ3n) is 4.97. The zero-order valence-electron chi connectivity index (χ0n) is 25.4. The molecule has 0 amide bonds. The number of nitrogens with one attached hydrogen (secondary N) is 3. The molecule has 2 rings (SSSR count). The second-order valence-electron chi connectivity index (χ2n) is 8.65. The topological polar surface area (TPSA) is 141 Å². The van der Waals surface area contributed by atoms with Crippen molar-refractivity contribution < 1.29 is 28.6 Å². The Balaban J connectivity index is 0. The Kier molecular flexibility index (Phi) is 21.1. The van der Waals surface area contributed by atoms with Crippen LogP contribution in [0.2, 0.25) is 0 Å². The zero-order valence-corrected chi connectivity index (χ0v) is 25.4. The standard InChI is InChI=1S/C13H17N3O2.C9H11NO2.C4H5F2N.C4H11N/c1-4-5-6-13(18)10(2)16-12(9-17)7-11(15-16)8-14-3;1-6-3-7(5-11)9(10-2)8(12)4-6;1-3(7-2)4(5)6;1-4(2)5-3/h4-7,9,14,18H,2,8H2,1,3H3;3-5,10,12H,1-2H3;4H,1-2H2;4-5H,1-3H3/b5-4-,13-6+;;;. The number of hydrogen-bond donors (Lipinski definition) is 5. The number of phenols is 1. The van der Waals surface area contributed by atoms with Crippen LogP contribution in [-0.2, 0) is 6.54 Å². The highest BCUT2D eigenvalue weighted by Crippen LogP contribution is 2.27. The lowest BCUT2D eigenvalue weighted by molar-refractivity contribution is 0.111. The molecule has 12 heteroatoms. The largest absolute Gasteiger partial charge is 0.506 e. The average Bonchev–Trinajstić information content (AvgIpc) is 3.38. The van der Waals surface area contributed by atoms with E-state index in [1.54, 1.807) is 44.4 Å². The molecule has 1 aromatic heterocycles. The van der Waals surface area contributed by atoms with Crippen molar-refractivity contribution in [2.75, 3.05) is 26.5 Å². The van der Waals surface area contributed by atoms with Crippen LogP contribution in [0.15, 0.2) is 66.0 Å². The Labute approximate surface area is 247 Å². The molecule has 2 aromatic rings. The van der Waals surface area contributed by atoms with E-state index in [0.29, 0.717) is 41.5 Å². The third kappa shape index (κ3) is 15.4. The number of hydrogen-bond acceptors (Lipinski definition) is 9. The molecule has 232 valence electrons. The highest BCUT2D eigenvalue weighted by molar-refractivity contribution is 5.87. The van der Waals surface area contributed by atoms with Gasteiger partial charge in [0.2, 0.25) is 0 Å². The van der Waals surface area contributed by atoms with E-state index in [-0.39, 0.29) is 17.2 Å². The van der Waals surface area contributed by atoms with Crippen molar-refractivity contribution >= 4 is 30.7 Å². The Morgan fingerprint density at radius 3 is 2.12 bits per heavy atom. The van der Waals surface area contributed by atoms with Crippen LogP contribution < -0.4 is 16.0 Å². The van der Waals surface area contributed by atoms with Gasteiger partial charge in [0.25, 0.3) is 6.43 Å². The van der Waals surface area contributed by atoms with Crippen LogP contribution in [0.3, 0.4) is 0 Å². The van der Waals surface area contributed by atoms with Gasteiger partial charge >= 0.3 is 0 Å². The molecular formula is C30H44F2N6O4. The smallest absolute Gasteiger partial charge is 0.279 e. The van der Waals surface area contributed by atoms with Crippen LogP contribution in [0.4, 0.5) is 14.5 Å². The number of halogens is 2. The van der Waals surface area contributed by atoms with Crippen LogP contribution in [0.5, 0.6) is 5.75 Å². The van der Waals surface area contributed by atoms with Crippen molar-refractivity contribution in [3.63, 3.8) is 0 Å². The molecule has 0 saturated heterocycles. The van der Waals surface area contributed by atoms with E-state index in [4.69, 9.17) is 0 Å². The van der Waals surface area contributed by atoms with Crippen molar-refractivity contribution in [3.05, 3.63) is 83.6 Å². The Morgan fingerprint density at radius 2 is 1.74 bits per heavy atom. The summed E-state index contributed by atoms with van der Waals surface area (Å²) >= 11 is 0. The van der Waals surface area contributed by atoms with Crippen molar-refractivity contribution in [1.29, 1.82) is 0 Å². The molecule has 0 aliphatic carbocycles. The summed E-state index contributed by atoms with van der Waals surface area (Å²) < 4.78 is 23.7. The molecule has 1 aromatic carbocycles. The number of anilines is 1. The summed E-state index contributed by atoms with van der Waals surface area (Å²) in [4.78, 5) is 24.4. The van der Waals surface area contributed by atoms with Gasteiger partial charge in [0.1, 0.15) is 17.2 Å². The summed E-state index contributed by atoms with van der Waals surface area (Å²) in [5.41, 5.74) is 2.68. The second kappa shape index (κ2) is 22.3. The van der Waals surface area contributed by atoms with Crippen LogP contribution in [-0.4, -0.2) is 72.9 Å². The first-order valence-electron chi connectivity index (χ1n) is 12.8. The molecule has 0 fully saturated rings. The van der Waals surface area contributed by atoms with Crippen molar-refractivity contribution in [1.82, 2.24) is 20.4 Å². The summed E-state index contributed by atoms with van der Waals surface area (Å²) in [6.45, 7) is 17.9. The number of aliphatic imine (C=N–C) groups is 1. The lowest BCUT2D eigenvalue weighted by Crippen LogP contribution is -2.15. The number of aliphatic hydroxyl groups excluding tert-OH is 1. The van der Waals surface area contributed by atoms with E-state index in [2.05, 4.69) is 59.8 Å². The highest BCUT2D eigenvalue weighted by Gasteiger charge is 2.11. The fraction of sp³-hybridized carbons (Fsp3) is 0.333. The van der Waals surface area contributed by atoms with Gasteiger partial charge in [-0.15, -0.1) is 0 Å². The number of aldehydes is 2. The summed E-state index contributed by atoms with van der Waals surface area (Å²) in [7, 11) is 5.40. The minimum Gasteiger partial charge on any atom is -0.506 e. The average molecular weight is 591 g/mol. The number of rotatable bonds is 11. The minimum atomic E-state index is -2.56. The van der Waals surface area contributed by atoms with Gasteiger partial charge in [-0.2, -0.15) is 5.10 Å². The third-order valence-corrected chi connectivity index (χ3v) is 4.97. The molecule has 0 bridgehead atoms. The van der Waals surface area contributed by atoms with Crippen molar-refractivity contribution in [2.24, 2.45) is 4.99 Å². The van der Waals surface area contributed by atoms with Gasteiger partial charge < -0.3 is 26.2 Å². The number of allylic oxidation sites excluding steroid dienone is 5. The van der Waals surface area contributed by atoms with E-state index in [0.717, 1.165) is 11.8 Å². The SMILES string of the molecule is C=C(/C(O)=C\C=C/C)n1nc(CNC)cc1C=O.C=NC(=C)C(F)F.CNC(C)C.CNc1c(O)cc(C)cc1C=O. The first kappa shape index (κ1) is 39.7. The molecule has 10 nitrogen and oxygen atoms in total. The van der Waals surface area contributed by atoms with E-state index in [1.165, 1.54) is 10.8 Å². The minimum absolute atomic E-state index is 0.0321. The normalized spacial score (nSPS) is 10.5. The molecule has 0 aliphatic rings. The number of benzene rings is 1. The Hall–Kier alpha value is -4.42. The number of aromatic hydroxyl groups is 1. The lowest BCUT2D eigenvalue weighted by Gasteiger charge is -2.07. The maximum absolute atomic E-state index is 11.2. The number of carbonyl (C=O) groups excluding carboxylic acids is 2. The number of aromatic nitrogens is 2. The second-order valence-corrected chi connectivity index (χ2v) is 8.65. The van der Waals surface area contributed by atoms with E-state index in [9.17, 15) is 28.6 Å². The fourth-order valence-corrected chi connectivity index (χ4v) is 2.64. The molecule has 5 N–H and O–H groups in total. The van der Waals surface area contributed by atoms with Gasteiger partial charge in [0.05, 0.1) is 22.8 Å². The van der Waals surface area contributed by atoms with Crippen LogP contribution in [0.1, 0.15) is 52.9 Å². The predicted octanol–water partition coefficient (Wildman–Crippen LogP) is 5.54. The number of alkyl halides is 2. The van der Waals surface area contributed by atoms with Crippen LogP contribution >= 0.6 is 0 Å². The van der Waals surface area contributed by atoms with Gasteiger partial charge in [-0.25, -0.2) is 13.5 Å². The van der Waals surface area contributed by atoms with E-state index < -0.39 is 12.1 Å². The number of nitrogens with zero attached hydrogens (tertiary/aromatic N) is 3. The highest BCUT2D eigenvalue weighted by atomic mass is 19.3. The quantitative estimate of drug-likeness (QED) is 0.0756. The number of phenolic OH excluding ortho intramolecular Hbond substituents is 1. The maximum atomic E-state index is 11.2. The van der Waals surface area contributed by atoms with Gasteiger partial charge in [-0.05, 0) is 64.5 Å². The number of aryl methyl sites for hydroxylation is 1. The van der Waals surface area contributed by atoms with Crippen molar-refractivity contribution in [2.45, 2.75) is 46.7 Å². The molecule has 0 saturated carbocycles. The van der Waals surface area contributed by atoms with Crippen molar-refractivity contribution in [3.8, 4) is 5.75 Å². The molecule has 0 atom stereocenters. The van der Waals surface area contributed by atoms with E-state index >= 15 is 0 Å². The molecule has 0 spiro atoms. The van der Waals surface area contributed by atoms with Crippen LogP contribution in [0.25, 0.3) is 5.70 Å². The summed E-state index contributed by atoms with van der Waals surface area (Å²) in [5, 5.41) is 32.1. The molecule has 42 heavy (non-hydrogen) atoms. The molecule has 0 unspecified atom stereocenters. The summed E-state index contributed by atoms with van der Waals surface area (Å²) in [6, 6.07) is 5.62. The van der Waals surface area contributed by atoms with Gasteiger partial charge in [0.15, 0.2) is 12.6 Å². The van der Waals surface area contributed by atoms with Crippen LogP contribution in [0, 0.1) is 6.92 Å². The first-order chi connectivity index (χ1) is 19.8. The predicted molar refractivity (Wildman–Crippen MR) is 168 cm³/mol. The van der Waals surface area contributed by atoms with Gasteiger partial charge in [0, 0.05) is 25.2 Å². The molecular weight excluding hydrogens is 546 g/mol. The first-order valence-corrected chi connectivity index (χ1v) is 12.8. The monoisotopic (exact) mass is 590 g/mol. The molecule has 0 aliphatic heterocycles. The molecule has 0 radical (unpaired) electrons. The van der Waals surface area contributed by atoms with Gasteiger partial charge in [-0.3, -0.25) is 14.6 Å². The summed E-state index contributed by atoms with van der Waals surface area (Å²) in [6.07, 6.45) is 3.80. The van der Waals surface area contributed by atoms with E-state index in [1.807, 2.05) is 20.9 Å². The Bertz CT molecular complexity index is 1220. The van der Waals surface area contributed by atoms with Gasteiger partial charge in [-0.1, -0.05) is 39.2 Å².